The number of unbranched alkanes of at least 4 members (excludes halogenated alkanes) is 1. The van der Waals surface area contributed by atoms with E-state index in [0.29, 0.717) is 24.0 Å². The third kappa shape index (κ3) is 12.1. The van der Waals surface area contributed by atoms with Crippen molar-refractivity contribution in [2.45, 2.75) is 90.6 Å². The Kier molecular flexibility index (Phi) is 15.6. The van der Waals surface area contributed by atoms with Gasteiger partial charge >= 0.3 is 0 Å². The number of nitrogens with one attached hydrogen (secondary N) is 1. The summed E-state index contributed by atoms with van der Waals surface area (Å²) in [6, 6.07) is 7.99. The molecule has 35 heavy (non-hydrogen) atoms. The van der Waals surface area contributed by atoms with Crippen LogP contribution < -0.4 is 11.2 Å². The van der Waals surface area contributed by atoms with Crippen molar-refractivity contribution in [3.05, 3.63) is 41.2 Å². The molecular formula is C27H47N5O2S. The van der Waals surface area contributed by atoms with Crippen molar-refractivity contribution in [2.24, 2.45) is 16.8 Å². The molecule has 1 amide bonds. The SMILES string of the molecule is CCC(C)C/C(C)=C(/N=C(\NC=O)c1ccc(SN2CCCC(O)CC2)cc1)N(C)N.CCCC. The van der Waals surface area contributed by atoms with Crippen molar-refractivity contribution in [3.8, 4) is 0 Å². The number of rotatable bonds is 10. The molecule has 1 aromatic rings. The van der Waals surface area contributed by atoms with Gasteiger partial charge in [0.1, 0.15) is 11.7 Å². The highest BCUT2D eigenvalue weighted by Gasteiger charge is 2.16. The lowest BCUT2D eigenvalue weighted by Crippen LogP contribution is -2.29. The molecule has 0 aliphatic carbocycles. The zero-order chi connectivity index (χ0) is 26.2. The van der Waals surface area contributed by atoms with Crippen molar-refractivity contribution < 1.29 is 9.90 Å². The lowest BCUT2D eigenvalue weighted by atomic mass is 10.00. The van der Waals surface area contributed by atoms with Crippen molar-refractivity contribution in [1.82, 2.24) is 14.6 Å². The van der Waals surface area contributed by atoms with E-state index in [-0.39, 0.29) is 6.10 Å². The molecule has 1 aliphatic heterocycles. The second-order valence-corrected chi connectivity index (χ2v) is 10.5. The monoisotopic (exact) mass is 505 g/mol. The van der Waals surface area contributed by atoms with Crippen LogP contribution in [0.4, 0.5) is 0 Å². The third-order valence-corrected chi connectivity index (χ3v) is 7.11. The van der Waals surface area contributed by atoms with Crippen LogP contribution in [0.25, 0.3) is 0 Å². The van der Waals surface area contributed by atoms with Crippen LogP contribution in [0.1, 0.15) is 85.1 Å². The topological polar surface area (TPSA) is 94.2 Å². The number of nitrogens with two attached hydrogens (primary N) is 1. The number of benzene rings is 1. The number of allylic oxidation sites excluding steroid dienone is 1. The molecule has 2 atom stereocenters. The van der Waals surface area contributed by atoms with Gasteiger partial charge in [-0.25, -0.2) is 15.1 Å². The first-order valence-electron chi connectivity index (χ1n) is 12.9. The number of aliphatic hydroxyl groups excluding tert-OH is 1. The molecule has 0 saturated carbocycles. The minimum absolute atomic E-state index is 0.187. The van der Waals surface area contributed by atoms with Gasteiger partial charge in [-0.05, 0) is 68.2 Å². The number of nitrogens with zero attached hydrogens (tertiary/aromatic N) is 3. The number of amides is 1. The summed E-state index contributed by atoms with van der Waals surface area (Å²) in [7, 11) is 1.76. The van der Waals surface area contributed by atoms with E-state index in [1.54, 1.807) is 19.0 Å². The first-order chi connectivity index (χ1) is 16.7. The van der Waals surface area contributed by atoms with Gasteiger partial charge in [-0.1, -0.05) is 59.1 Å². The molecule has 2 rings (SSSR count). The van der Waals surface area contributed by atoms with E-state index < -0.39 is 0 Å². The fourth-order valence-corrected chi connectivity index (χ4v) is 4.52. The van der Waals surface area contributed by atoms with Crippen molar-refractivity contribution in [2.75, 3.05) is 20.1 Å². The average Bonchev–Trinajstić information content (AvgIpc) is 3.05. The minimum Gasteiger partial charge on any atom is -0.393 e. The number of amidine groups is 1. The highest BCUT2D eigenvalue weighted by molar-refractivity contribution is 7.97. The molecule has 0 bridgehead atoms. The molecule has 1 saturated heterocycles. The van der Waals surface area contributed by atoms with Crippen LogP contribution >= 0.6 is 11.9 Å². The van der Waals surface area contributed by atoms with Crippen LogP contribution in [0, 0.1) is 5.92 Å². The largest absolute Gasteiger partial charge is 0.393 e. The molecule has 1 fully saturated rings. The van der Waals surface area contributed by atoms with Gasteiger partial charge in [0.25, 0.3) is 0 Å². The maximum atomic E-state index is 11.2. The van der Waals surface area contributed by atoms with E-state index in [4.69, 9.17) is 10.8 Å². The highest BCUT2D eigenvalue weighted by atomic mass is 32.2. The Balaban J connectivity index is 0.00000142. The Bertz CT molecular complexity index is 793. The quantitative estimate of drug-likeness (QED) is 0.0996. The Hall–Kier alpha value is -1.87. The van der Waals surface area contributed by atoms with Gasteiger partial charge in [0.2, 0.25) is 6.41 Å². The molecule has 198 valence electrons. The lowest BCUT2D eigenvalue weighted by Gasteiger charge is -2.20. The highest BCUT2D eigenvalue weighted by Crippen LogP contribution is 2.26. The number of aliphatic imine (C=N–C) groups is 1. The van der Waals surface area contributed by atoms with Gasteiger partial charge in [0, 0.05) is 30.6 Å². The fourth-order valence-electron chi connectivity index (χ4n) is 3.54. The van der Waals surface area contributed by atoms with E-state index in [2.05, 4.69) is 37.3 Å². The predicted molar refractivity (Wildman–Crippen MR) is 149 cm³/mol. The van der Waals surface area contributed by atoms with Crippen LogP contribution in [0.5, 0.6) is 0 Å². The van der Waals surface area contributed by atoms with Gasteiger partial charge in [-0.15, -0.1) is 0 Å². The second-order valence-electron chi connectivity index (χ2n) is 9.28. The summed E-state index contributed by atoms with van der Waals surface area (Å²) in [5.74, 6) is 7.72. The smallest absolute Gasteiger partial charge is 0.212 e. The molecule has 0 aromatic heterocycles. The normalized spacial score (nSPS) is 18.5. The maximum Gasteiger partial charge on any atom is 0.212 e. The number of carbonyl (C=O) groups is 1. The number of carbonyl (C=O) groups excluding carboxylic acids is 1. The Labute approximate surface area is 217 Å². The molecule has 0 radical (unpaired) electrons. The van der Waals surface area contributed by atoms with Crippen LogP contribution in [-0.2, 0) is 4.79 Å². The first-order valence-corrected chi connectivity index (χ1v) is 13.7. The molecule has 2 unspecified atom stereocenters. The second kappa shape index (κ2) is 17.5. The van der Waals surface area contributed by atoms with Crippen molar-refractivity contribution in [3.63, 3.8) is 0 Å². The number of aliphatic hydroxyl groups is 1. The van der Waals surface area contributed by atoms with Crippen LogP contribution in [0.3, 0.4) is 0 Å². The van der Waals surface area contributed by atoms with E-state index >= 15 is 0 Å². The van der Waals surface area contributed by atoms with Gasteiger partial charge in [-0.2, -0.15) is 0 Å². The summed E-state index contributed by atoms with van der Waals surface area (Å²) in [6.45, 7) is 12.6. The summed E-state index contributed by atoms with van der Waals surface area (Å²) in [5.41, 5.74) is 1.90. The zero-order valence-electron chi connectivity index (χ0n) is 22.6. The molecule has 1 aliphatic rings. The average molecular weight is 506 g/mol. The Morgan fingerprint density at radius 2 is 1.91 bits per heavy atom. The van der Waals surface area contributed by atoms with Crippen LogP contribution in [0.15, 0.2) is 45.5 Å². The fraction of sp³-hybridized carbons (Fsp3) is 0.630. The van der Waals surface area contributed by atoms with E-state index in [1.807, 2.05) is 31.2 Å². The molecular weight excluding hydrogens is 458 g/mol. The standard InChI is InChI=1S/C23H37N5O2S.C4H10/c1-5-17(2)15-18(3)23(27(4)24)26-22(25-16-29)19-8-10-21(11-9-19)31-28-13-6-7-20(30)12-14-28;1-3-4-2/h8-11,16-17,20,30H,5-7,12-15,24H2,1-4H3,(H,25,26,29);3-4H2,1-2H3/b23-18-;. The molecule has 1 aromatic carbocycles. The molecule has 4 N–H and O–H groups in total. The summed E-state index contributed by atoms with van der Waals surface area (Å²) >= 11 is 1.70. The first kappa shape index (κ1) is 31.2. The number of hydrogen-bond acceptors (Lipinski definition) is 7. The Morgan fingerprint density at radius 1 is 1.26 bits per heavy atom. The molecule has 8 heteroatoms. The lowest BCUT2D eigenvalue weighted by molar-refractivity contribution is -0.108. The maximum absolute atomic E-state index is 11.2. The minimum atomic E-state index is -0.187. The van der Waals surface area contributed by atoms with E-state index in [9.17, 15) is 9.90 Å². The molecule has 0 spiro atoms. The molecule has 7 nitrogen and oxygen atoms in total. The summed E-state index contributed by atoms with van der Waals surface area (Å²) < 4.78 is 2.30. The predicted octanol–water partition coefficient (Wildman–Crippen LogP) is 5.31. The van der Waals surface area contributed by atoms with Gasteiger partial charge in [-0.3, -0.25) is 9.80 Å². The van der Waals surface area contributed by atoms with Gasteiger partial charge < -0.3 is 10.4 Å². The van der Waals surface area contributed by atoms with Gasteiger partial charge in [0.15, 0.2) is 0 Å². The van der Waals surface area contributed by atoms with E-state index in [1.165, 1.54) is 17.9 Å². The summed E-state index contributed by atoms with van der Waals surface area (Å²) in [4.78, 5) is 17.1. The van der Waals surface area contributed by atoms with Gasteiger partial charge in [0.05, 0.1) is 6.10 Å². The Morgan fingerprint density at radius 3 is 2.46 bits per heavy atom. The zero-order valence-corrected chi connectivity index (χ0v) is 23.4. The van der Waals surface area contributed by atoms with Crippen molar-refractivity contribution in [1.29, 1.82) is 0 Å². The number of hydrazine groups is 1. The van der Waals surface area contributed by atoms with Crippen molar-refractivity contribution >= 4 is 24.2 Å². The van der Waals surface area contributed by atoms with E-state index in [0.717, 1.165) is 61.2 Å². The van der Waals surface area contributed by atoms with Crippen LogP contribution in [-0.4, -0.2) is 52.9 Å². The van der Waals surface area contributed by atoms with Crippen LogP contribution in [0.2, 0.25) is 0 Å². The number of hydrogen-bond donors (Lipinski definition) is 3. The summed E-state index contributed by atoms with van der Waals surface area (Å²) in [6.07, 6.45) is 7.75. The summed E-state index contributed by atoms with van der Waals surface area (Å²) in [5, 5.41) is 14.1. The molecule has 1 heterocycles. The third-order valence-electron chi connectivity index (χ3n) is 6.00.